The number of rotatable bonds is 4. The van der Waals surface area contributed by atoms with E-state index >= 15 is 0 Å². The molecule has 1 aromatic rings. The molecule has 0 bridgehead atoms. The normalized spacial score (nSPS) is 19.0. The first-order chi connectivity index (χ1) is 8.72. The average molecular weight is 250 g/mol. The van der Waals surface area contributed by atoms with Crippen molar-refractivity contribution in [3.8, 4) is 0 Å². The van der Waals surface area contributed by atoms with Gasteiger partial charge in [-0.3, -0.25) is 0 Å². The molecule has 18 heavy (non-hydrogen) atoms. The average Bonchev–Trinajstić information content (AvgIpc) is 2.62. The first-order valence-electron chi connectivity index (χ1n) is 6.69. The summed E-state index contributed by atoms with van der Waals surface area (Å²) >= 11 is 0. The Bertz CT molecular complexity index is 375. The fraction of sp³-hybridized carbons (Fsp3) is 0.692. The van der Waals surface area contributed by atoms with Gasteiger partial charge >= 0.3 is 0 Å². The SMILES string of the molecule is CNc1nccc(NCC2(O)CCCCCC2)n1. The smallest absolute Gasteiger partial charge is 0.224 e. The van der Waals surface area contributed by atoms with Crippen molar-refractivity contribution < 1.29 is 5.11 Å². The second-order valence-corrected chi connectivity index (χ2v) is 5.01. The van der Waals surface area contributed by atoms with Gasteiger partial charge in [-0.2, -0.15) is 4.98 Å². The minimum atomic E-state index is -0.582. The highest BCUT2D eigenvalue weighted by Crippen LogP contribution is 2.27. The molecule has 0 aliphatic heterocycles. The van der Waals surface area contributed by atoms with Crippen LogP contribution in [0.2, 0.25) is 0 Å². The zero-order valence-corrected chi connectivity index (χ0v) is 10.9. The third-order valence-corrected chi connectivity index (χ3v) is 3.51. The van der Waals surface area contributed by atoms with E-state index in [4.69, 9.17) is 0 Å². The van der Waals surface area contributed by atoms with Crippen molar-refractivity contribution in [2.75, 3.05) is 24.2 Å². The van der Waals surface area contributed by atoms with Crippen LogP contribution in [0.15, 0.2) is 12.3 Å². The summed E-state index contributed by atoms with van der Waals surface area (Å²) in [6.07, 6.45) is 8.17. The van der Waals surface area contributed by atoms with Crippen molar-refractivity contribution in [2.45, 2.75) is 44.1 Å². The van der Waals surface area contributed by atoms with Gasteiger partial charge in [0.2, 0.25) is 5.95 Å². The Hall–Kier alpha value is -1.36. The molecular formula is C13H22N4O. The van der Waals surface area contributed by atoms with Gasteiger partial charge in [-0.05, 0) is 18.9 Å². The summed E-state index contributed by atoms with van der Waals surface area (Å²) in [7, 11) is 1.79. The fourth-order valence-corrected chi connectivity index (χ4v) is 2.40. The lowest BCUT2D eigenvalue weighted by molar-refractivity contribution is 0.0380. The lowest BCUT2D eigenvalue weighted by atomic mass is 9.94. The Labute approximate surface area is 108 Å². The topological polar surface area (TPSA) is 70.1 Å². The second-order valence-electron chi connectivity index (χ2n) is 5.01. The highest BCUT2D eigenvalue weighted by Gasteiger charge is 2.27. The largest absolute Gasteiger partial charge is 0.388 e. The summed E-state index contributed by atoms with van der Waals surface area (Å²) in [5, 5.41) is 16.6. The number of aliphatic hydroxyl groups is 1. The van der Waals surface area contributed by atoms with Gasteiger partial charge < -0.3 is 15.7 Å². The van der Waals surface area contributed by atoms with E-state index in [1.165, 1.54) is 12.8 Å². The molecule has 100 valence electrons. The summed E-state index contributed by atoms with van der Waals surface area (Å²) in [5.74, 6) is 1.35. The third-order valence-electron chi connectivity index (χ3n) is 3.51. The van der Waals surface area contributed by atoms with E-state index in [1.807, 2.05) is 6.07 Å². The molecule has 1 aromatic heterocycles. The van der Waals surface area contributed by atoms with E-state index in [2.05, 4.69) is 20.6 Å². The van der Waals surface area contributed by atoms with Gasteiger partial charge in [-0.15, -0.1) is 0 Å². The Morgan fingerprint density at radius 3 is 2.67 bits per heavy atom. The molecule has 1 saturated carbocycles. The number of hydrogen-bond donors (Lipinski definition) is 3. The minimum Gasteiger partial charge on any atom is -0.388 e. The Kier molecular flexibility index (Phi) is 4.36. The van der Waals surface area contributed by atoms with E-state index in [1.54, 1.807) is 13.2 Å². The Balaban J connectivity index is 1.92. The van der Waals surface area contributed by atoms with Crippen LogP contribution in [0.1, 0.15) is 38.5 Å². The van der Waals surface area contributed by atoms with Gasteiger partial charge in [0.25, 0.3) is 0 Å². The van der Waals surface area contributed by atoms with E-state index < -0.39 is 5.60 Å². The number of hydrogen-bond acceptors (Lipinski definition) is 5. The summed E-state index contributed by atoms with van der Waals surface area (Å²) in [4.78, 5) is 8.35. The molecule has 5 nitrogen and oxygen atoms in total. The van der Waals surface area contributed by atoms with Crippen LogP contribution in [0.5, 0.6) is 0 Å². The zero-order valence-electron chi connectivity index (χ0n) is 10.9. The van der Waals surface area contributed by atoms with Crippen molar-refractivity contribution in [1.82, 2.24) is 9.97 Å². The van der Waals surface area contributed by atoms with E-state index in [0.29, 0.717) is 12.5 Å². The first-order valence-corrected chi connectivity index (χ1v) is 6.69. The van der Waals surface area contributed by atoms with Crippen LogP contribution in [0.4, 0.5) is 11.8 Å². The molecule has 1 aliphatic carbocycles. The maximum absolute atomic E-state index is 10.5. The molecular weight excluding hydrogens is 228 g/mol. The summed E-state index contributed by atoms with van der Waals surface area (Å²) in [5.41, 5.74) is -0.582. The quantitative estimate of drug-likeness (QED) is 0.713. The summed E-state index contributed by atoms with van der Waals surface area (Å²) in [6.45, 7) is 0.563. The molecule has 1 heterocycles. The van der Waals surface area contributed by atoms with Gasteiger partial charge in [0.1, 0.15) is 5.82 Å². The lowest BCUT2D eigenvalue weighted by Gasteiger charge is -2.27. The van der Waals surface area contributed by atoms with Crippen LogP contribution in [-0.4, -0.2) is 34.3 Å². The molecule has 1 aliphatic rings. The molecule has 0 amide bonds. The molecule has 5 heteroatoms. The predicted molar refractivity (Wildman–Crippen MR) is 72.7 cm³/mol. The van der Waals surface area contributed by atoms with Gasteiger partial charge in [0.05, 0.1) is 5.60 Å². The highest BCUT2D eigenvalue weighted by molar-refractivity contribution is 5.39. The van der Waals surface area contributed by atoms with E-state index in [9.17, 15) is 5.11 Å². The van der Waals surface area contributed by atoms with Gasteiger partial charge in [-0.1, -0.05) is 25.7 Å². The third kappa shape index (κ3) is 3.57. The Morgan fingerprint density at radius 2 is 2.00 bits per heavy atom. The van der Waals surface area contributed by atoms with E-state index in [0.717, 1.165) is 31.5 Å². The molecule has 0 radical (unpaired) electrons. The first kappa shape index (κ1) is 13.1. The maximum atomic E-state index is 10.5. The molecule has 0 spiro atoms. The van der Waals surface area contributed by atoms with Crippen LogP contribution in [-0.2, 0) is 0 Å². The van der Waals surface area contributed by atoms with Crippen molar-refractivity contribution >= 4 is 11.8 Å². The van der Waals surface area contributed by atoms with Crippen LogP contribution in [0.3, 0.4) is 0 Å². The van der Waals surface area contributed by atoms with Crippen LogP contribution in [0, 0.1) is 0 Å². The van der Waals surface area contributed by atoms with Gasteiger partial charge in [0, 0.05) is 19.8 Å². The second kappa shape index (κ2) is 6.00. The predicted octanol–water partition coefficient (Wildman–Crippen LogP) is 2.02. The molecule has 0 aromatic carbocycles. The van der Waals surface area contributed by atoms with Crippen molar-refractivity contribution in [1.29, 1.82) is 0 Å². The molecule has 0 saturated heterocycles. The molecule has 2 rings (SSSR count). The number of aromatic nitrogens is 2. The molecule has 0 unspecified atom stereocenters. The van der Waals surface area contributed by atoms with Crippen molar-refractivity contribution in [3.63, 3.8) is 0 Å². The highest BCUT2D eigenvalue weighted by atomic mass is 16.3. The lowest BCUT2D eigenvalue weighted by Crippen LogP contribution is -2.36. The van der Waals surface area contributed by atoms with Gasteiger partial charge in [0.15, 0.2) is 0 Å². The van der Waals surface area contributed by atoms with Gasteiger partial charge in [-0.25, -0.2) is 4.98 Å². The van der Waals surface area contributed by atoms with E-state index in [-0.39, 0.29) is 0 Å². The van der Waals surface area contributed by atoms with Crippen molar-refractivity contribution in [3.05, 3.63) is 12.3 Å². The number of nitrogens with one attached hydrogen (secondary N) is 2. The monoisotopic (exact) mass is 250 g/mol. The Morgan fingerprint density at radius 1 is 1.28 bits per heavy atom. The maximum Gasteiger partial charge on any atom is 0.224 e. The minimum absolute atomic E-state index is 0.563. The molecule has 0 atom stereocenters. The van der Waals surface area contributed by atoms with Crippen LogP contribution >= 0.6 is 0 Å². The summed E-state index contributed by atoms with van der Waals surface area (Å²) in [6, 6.07) is 1.82. The molecule has 1 fully saturated rings. The molecule has 3 N–H and O–H groups in total. The zero-order chi connectivity index (χ0) is 12.8. The number of anilines is 2. The standard InChI is InChI=1S/C13H22N4O/c1-14-12-15-9-6-11(17-12)16-10-13(18)7-4-2-3-5-8-13/h6,9,18H,2-5,7-8,10H2,1H3,(H2,14,15,16,17). The van der Waals surface area contributed by atoms with Crippen LogP contribution < -0.4 is 10.6 Å². The van der Waals surface area contributed by atoms with Crippen LogP contribution in [0.25, 0.3) is 0 Å². The summed E-state index contributed by atoms with van der Waals surface area (Å²) < 4.78 is 0. The van der Waals surface area contributed by atoms with Crippen molar-refractivity contribution in [2.24, 2.45) is 0 Å². The number of nitrogens with zero attached hydrogens (tertiary/aromatic N) is 2. The fourth-order valence-electron chi connectivity index (χ4n) is 2.40.